The highest BCUT2D eigenvalue weighted by atomic mass is 16.3. The normalized spacial score (nSPS) is 11.0. The molecule has 92 valence electrons. The predicted molar refractivity (Wildman–Crippen MR) is 70.0 cm³/mol. The second-order valence-corrected chi connectivity index (χ2v) is 4.45. The smallest absolute Gasteiger partial charge is 0.0991 e. The summed E-state index contributed by atoms with van der Waals surface area (Å²) in [5.74, 6) is 0. The Kier molecular flexibility index (Phi) is 4.53. The molecule has 3 heteroatoms. The second-order valence-electron chi connectivity index (χ2n) is 4.45. The van der Waals surface area contributed by atoms with Crippen LogP contribution in [0.2, 0.25) is 0 Å². The second kappa shape index (κ2) is 5.70. The molecule has 0 bridgehead atoms. The molecule has 0 amide bonds. The Balaban J connectivity index is 2.76. The van der Waals surface area contributed by atoms with Gasteiger partial charge in [0.15, 0.2) is 0 Å². The number of nitrogens with zero attached hydrogens (tertiary/aromatic N) is 2. The molecule has 0 spiro atoms. The fourth-order valence-electron chi connectivity index (χ4n) is 1.80. The Morgan fingerprint density at radius 1 is 1.24 bits per heavy atom. The molecular formula is C14H20N2O. The lowest BCUT2D eigenvalue weighted by molar-refractivity contribution is 0.0404. The lowest BCUT2D eigenvalue weighted by Gasteiger charge is -2.32. The average molecular weight is 232 g/mol. The molecule has 0 aliphatic heterocycles. The maximum Gasteiger partial charge on any atom is 0.0991 e. The van der Waals surface area contributed by atoms with Crippen LogP contribution in [0.4, 0.5) is 5.69 Å². The maximum absolute atomic E-state index is 10.3. The molecule has 0 heterocycles. The third kappa shape index (κ3) is 3.47. The summed E-state index contributed by atoms with van der Waals surface area (Å²) >= 11 is 0. The molecule has 0 saturated carbocycles. The third-order valence-electron chi connectivity index (χ3n) is 3.28. The topological polar surface area (TPSA) is 47.3 Å². The maximum atomic E-state index is 10.3. The summed E-state index contributed by atoms with van der Waals surface area (Å²) in [7, 11) is 1.96. The van der Waals surface area contributed by atoms with Crippen molar-refractivity contribution in [1.82, 2.24) is 0 Å². The number of hydrogen-bond acceptors (Lipinski definition) is 3. The molecule has 1 N–H and O–H groups in total. The molecule has 0 aliphatic carbocycles. The molecule has 17 heavy (non-hydrogen) atoms. The average Bonchev–Trinajstić information content (AvgIpc) is 2.38. The van der Waals surface area contributed by atoms with E-state index in [1.165, 1.54) is 0 Å². The highest BCUT2D eigenvalue weighted by molar-refractivity contribution is 5.49. The lowest BCUT2D eigenvalue weighted by atomic mass is 9.97. The van der Waals surface area contributed by atoms with Crippen LogP contribution in [0.1, 0.15) is 32.3 Å². The highest BCUT2D eigenvalue weighted by Gasteiger charge is 2.24. The highest BCUT2D eigenvalue weighted by Crippen LogP contribution is 2.20. The molecule has 3 nitrogen and oxygen atoms in total. The van der Waals surface area contributed by atoms with Crippen LogP contribution < -0.4 is 4.90 Å². The van der Waals surface area contributed by atoms with Crippen molar-refractivity contribution in [3.63, 3.8) is 0 Å². The van der Waals surface area contributed by atoms with Crippen molar-refractivity contribution >= 4 is 5.69 Å². The molecule has 0 atom stereocenters. The van der Waals surface area contributed by atoms with Crippen molar-refractivity contribution in [3.05, 3.63) is 29.8 Å². The van der Waals surface area contributed by atoms with Gasteiger partial charge in [-0.25, -0.2) is 0 Å². The molecule has 0 radical (unpaired) electrons. The van der Waals surface area contributed by atoms with Crippen LogP contribution in [0.3, 0.4) is 0 Å². The van der Waals surface area contributed by atoms with Gasteiger partial charge in [-0.2, -0.15) is 5.26 Å². The van der Waals surface area contributed by atoms with E-state index in [2.05, 4.69) is 6.07 Å². The van der Waals surface area contributed by atoms with Gasteiger partial charge in [-0.3, -0.25) is 0 Å². The van der Waals surface area contributed by atoms with Crippen LogP contribution >= 0.6 is 0 Å². The Labute approximate surface area is 103 Å². The van der Waals surface area contributed by atoms with Gasteiger partial charge in [-0.15, -0.1) is 0 Å². The number of anilines is 1. The first kappa shape index (κ1) is 13.5. The van der Waals surface area contributed by atoms with E-state index in [0.717, 1.165) is 18.5 Å². The molecule has 1 aromatic rings. The summed E-state index contributed by atoms with van der Waals surface area (Å²) in [5, 5.41) is 19.0. The molecular weight excluding hydrogens is 212 g/mol. The van der Waals surface area contributed by atoms with Crippen molar-refractivity contribution in [2.75, 3.05) is 18.5 Å². The number of nitriles is 1. The zero-order valence-corrected chi connectivity index (χ0v) is 10.8. The van der Waals surface area contributed by atoms with Gasteiger partial charge < -0.3 is 10.0 Å². The van der Waals surface area contributed by atoms with Gasteiger partial charge in [-0.1, -0.05) is 13.8 Å². The van der Waals surface area contributed by atoms with Gasteiger partial charge in [-0.05, 0) is 37.1 Å². The number of aliphatic hydroxyl groups is 1. The summed E-state index contributed by atoms with van der Waals surface area (Å²) in [4.78, 5) is 2.02. The lowest BCUT2D eigenvalue weighted by Crippen LogP contribution is -2.40. The van der Waals surface area contributed by atoms with Crippen LogP contribution in [0.5, 0.6) is 0 Å². The standard InChI is InChI=1S/C14H20N2O/c1-4-14(17,5-2)11-16(3)13-8-6-12(10-15)7-9-13/h6-9,17H,4-5,11H2,1-3H3. The fraction of sp³-hybridized carbons (Fsp3) is 0.500. The summed E-state index contributed by atoms with van der Waals surface area (Å²) in [6.07, 6.45) is 1.48. The van der Waals surface area contributed by atoms with Gasteiger partial charge in [0.05, 0.1) is 17.2 Å². The Morgan fingerprint density at radius 2 is 1.76 bits per heavy atom. The minimum absolute atomic E-state index is 0.603. The molecule has 0 aromatic heterocycles. The van der Waals surface area contributed by atoms with Crippen molar-refractivity contribution < 1.29 is 5.11 Å². The van der Waals surface area contributed by atoms with Crippen molar-refractivity contribution in [2.24, 2.45) is 0 Å². The zero-order chi connectivity index (χ0) is 12.9. The van der Waals surface area contributed by atoms with Crippen molar-refractivity contribution in [1.29, 1.82) is 5.26 Å². The minimum atomic E-state index is -0.636. The van der Waals surface area contributed by atoms with E-state index in [4.69, 9.17) is 5.26 Å². The summed E-state index contributed by atoms with van der Waals surface area (Å²) < 4.78 is 0. The van der Waals surface area contributed by atoms with Crippen LogP contribution in [-0.4, -0.2) is 24.3 Å². The van der Waals surface area contributed by atoms with E-state index < -0.39 is 5.60 Å². The largest absolute Gasteiger partial charge is 0.388 e. The van der Waals surface area contributed by atoms with E-state index in [1.807, 2.05) is 37.9 Å². The predicted octanol–water partition coefficient (Wildman–Crippen LogP) is 2.55. The third-order valence-corrected chi connectivity index (χ3v) is 3.28. The summed E-state index contributed by atoms with van der Waals surface area (Å²) in [6, 6.07) is 9.50. The van der Waals surface area contributed by atoms with E-state index in [-0.39, 0.29) is 0 Å². The van der Waals surface area contributed by atoms with Gasteiger partial charge >= 0.3 is 0 Å². The first-order valence-corrected chi connectivity index (χ1v) is 5.98. The molecule has 0 unspecified atom stereocenters. The van der Waals surface area contributed by atoms with E-state index in [1.54, 1.807) is 12.1 Å². The van der Waals surface area contributed by atoms with E-state index in [9.17, 15) is 5.11 Å². The van der Waals surface area contributed by atoms with E-state index in [0.29, 0.717) is 12.1 Å². The number of rotatable bonds is 5. The van der Waals surface area contributed by atoms with Crippen molar-refractivity contribution in [3.8, 4) is 6.07 Å². The van der Waals surface area contributed by atoms with Crippen molar-refractivity contribution in [2.45, 2.75) is 32.3 Å². The molecule has 0 fully saturated rings. The van der Waals surface area contributed by atoms with Gasteiger partial charge in [0.1, 0.15) is 0 Å². The molecule has 0 saturated heterocycles. The Bertz CT molecular complexity index is 388. The summed E-state index contributed by atoms with van der Waals surface area (Å²) in [6.45, 7) is 4.60. The quantitative estimate of drug-likeness (QED) is 0.848. The Morgan fingerprint density at radius 3 is 2.18 bits per heavy atom. The van der Waals surface area contributed by atoms with Gasteiger partial charge in [0, 0.05) is 19.3 Å². The first-order chi connectivity index (χ1) is 8.04. The molecule has 0 aliphatic rings. The number of likely N-dealkylation sites (N-methyl/N-ethyl adjacent to an activating group) is 1. The van der Waals surface area contributed by atoms with Crippen LogP contribution in [0, 0.1) is 11.3 Å². The molecule has 1 aromatic carbocycles. The molecule has 1 rings (SSSR count). The van der Waals surface area contributed by atoms with Crippen LogP contribution in [-0.2, 0) is 0 Å². The first-order valence-electron chi connectivity index (χ1n) is 5.98. The number of benzene rings is 1. The van der Waals surface area contributed by atoms with Crippen LogP contribution in [0.25, 0.3) is 0 Å². The monoisotopic (exact) mass is 232 g/mol. The minimum Gasteiger partial charge on any atom is -0.388 e. The van der Waals surface area contributed by atoms with Gasteiger partial charge in [0.25, 0.3) is 0 Å². The summed E-state index contributed by atoms with van der Waals surface area (Å²) in [5.41, 5.74) is 1.04. The Hall–Kier alpha value is -1.53. The van der Waals surface area contributed by atoms with E-state index >= 15 is 0 Å². The van der Waals surface area contributed by atoms with Gasteiger partial charge in [0.2, 0.25) is 0 Å². The SMILES string of the molecule is CCC(O)(CC)CN(C)c1ccc(C#N)cc1. The van der Waals surface area contributed by atoms with Crippen LogP contribution in [0.15, 0.2) is 24.3 Å². The fourth-order valence-corrected chi connectivity index (χ4v) is 1.80. The number of hydrogen-bond donors (Lipinski definition) is 1. The zero-order valence-electron chi connectivity index (χ0n) is 10.8.